The number of aromatic nitrogens is 2. The maximum absolute atomic E-state index is 11.8. The Hall–Kier alpha value is -1.37. The normalized spacial score (nSPS) is 11.7. The highest BCUT2D eigenvalue weighted by Gasteiger charge is 2.21. The van der Waals surface area contributed by atoms with Gasteiger partial charge in [-0.05, 0) is 12.8 Å². The van der Waals surface area contributed by atoms with Crippen LogP contribution in [0.2, 0.25) is 0 Å². The van der Waals surface area contributed by atoms with E-state index in [9.17, 15) is 18.0 Å². The third kappa shape index (κ3) is 2.90. The van der Waals surface area contributed by atoms with Gasteiger partial charge in [0.2, 0.25) is 0 Å². The van der Waals surface area contributed by atoms with Crippen molar-refractivity contribution < 1.29 is 8.42 Å². The van der Waals surface area contributed by atoms with E-state index in [0.29, 0.717) is 13.0 Å². The molecule has 0 unspecified atom stereocenters. The third-order valence-electron chi connectivity index (χ3n) is 2.68. The molecule has 1 heterocycles. The lowest BCUT2D eigenvalue weighted by Gasteiger charge is -2.13. The van der Waals surface area contributed by atoms with E-state index < -0.39 is 21.1 Å². The Morgan fingerprint density at radius 3 is 2.28 bits per heavy atom. The van der Waals surface area contributed by atoms with E-state index in [0.717, 1.165) is 17.2 Å². The van der Waals surface area contributed by atoms with Gasteiger partial charge in [0.1, 0.15) is 5.03 Å². The number of rotatable bonds is 5. The molecule has 0 aliphatic carbocycles. The van der Waals surface area contributed by atoms with Crippen molar-refractivity contribution in [2.45, 2.75) is 44.7 Å². The quantitative estimate of drug-likeness (QED) is 0.782. The minimum absolute atomic E-state index is 0.146. The Balaban J connectivity index is 3.68. The molecule has 0 amide bonds. The van der Waals surface area contributed by atoms with Crippen molar-refractivity contribution in [2.24, 2.45) is 0 Å². The summed E-state index contributed by atoms with van der Waals surface area (Å²) in [5.41, 5.74) is -1.13. The summed E-state index contributed by atoms with van der Waals surface area (Å²) in [5, 5.41) is -0.146. The third-order valence-corrected chi connectivity index (χ3v) is 3.85. The Labute approximate surface area is 106 Å². The fourth-order valence-electron chi connectivity index (χ4n) is 1.85. The van der Waals surface area contributed by atoms with Gasteiger partial charge in [0.05, 0.1) is 5.56 Å². The van der Waals surface area contributed by atoms with Gasteiger partial charge in [-0.3, -0.25) is 14.3 Å². The highest BCUT2D eigenvalue weighted by atomic mass is 32.2. The highest BCUT2D eigenvalue weighted by molar-refractivity contribution is 7.90. The van der Waals surface area contributed by atoms with Gasteiger partial charge in [-0.15, -0.1) is 0 Å². The monoisotopic (exact) mass is 274 g/mol. The first-order chi connectivity index (χ1) is 8.32. The molecule has 0 atom stereocenters. The average molecular weight is 274 g/mol. The maximum Gasteiger partial charge on any atom is 0.329 e. The summed E-state index contributed by atoms with van der Waals surface area (Å²) < 4.78 is 24.7. The second kappa shape index (κ2) is 5.51. The average Bonchev–Trinajstić information content (AvgIpc) is 2.25. The Bertz CT molecular complexity index is 640. The molecule has 7 heteroatoms. The zero-order chi connectivity index (χ0) is 13.9. The molecule has 0 aromatic carbocycles. The van der Waals surface area contributed by atoms with Crippen LogP contribution in [0.3, 0.4) is 0 Å². The molecular weight excluding hydrogens is 256 g/mol. The Morgan fingerprint density at radius 2 is 1.83 bits per heavy atom. The molecule has 6 nitrogen and oxygen atoms in total. The lowest BCUT2D eigenvalue weighted by molar-refractivity contribution is 0.522. The number of nitrogens with zero attached hydrogens (tertiary/aromatic N) is 1. The van der Waals surface area contributed by atoms with E-state index in [1.165, 1.54) is 0 Å². The molecule has 0 fully saturated rings. The fourth-order valence-corrected chi connectivity index (χ4v) is 3.11. The van der Waals surface area contributed by atoms with E-state index in [1.54, 1.807) is 6.92 Å². The number of nitrogens with one attached hydrogen (secondary N) is 1. The van der Waals surface area contributed by atoms with Crippen molar-refractivity contribution in [1.82, 2.24) is 9.55 Å². The molecule has 18 heavy (non-hydrogen) atoms. The lowest BCUT2D eigenvalue weighted by atomic mass is 10.2. The first-order valence-electron chi connectivity index (χ1n) is 5.89. The van der Waals surface area contributed by atoms with Crippen LogP contribution < -0.4 is 11.2 Å². The number of hydrogen-bond acceptors (Lipinski definition) is 4. The summed E-state index contributed by atoms with van der Waals surface area (Å²) in [6.45, 7) is 3.92. The number of aromatic amines is 1. The number of sulfone groups is 1. The number of H-pyrrole nitrogens is 1. The standard InChI is InChI=1S/C11H18N2O4S/c1-4-6-7-13-10(18(3,16)17)8(5-2)9(14)12-11(13)15/h4-7H2,1-3H3,(H,12,14,15). The molecule has 1 N–H and O–H groups in total. The van der Waals surface area contributed by atoms with Crippen LogP contribution in [0.15, 0.2) is 14.6 Å². The van der Waals surface area contributed by atoms with Crippen LogP contribution in [-0.2, 0) is 22.8 Å². The van der Waals surface area contributed by atoms with Crippen LogP contribution in [-0.4, -0.2) is 24.2 Å². The van der Waals surface area contributed by atoms with Crippen LogP contribution >= 0.6 is 0 Å². The highest BCUT2D eigenvalue weighted by Crippen LogP contribution is 2.11. The molecule has 0 bridgehead atoms. The van der Waals surface area contributed by atoms with E-state index in [1.807, 2.05) is 6.92 Å². The van der Waals surface area contributed by atoms with Crippen LogP contribution in [0.25, 0.3) is 0 Å². The maximum atomic E-state index is 11.8. The van der Waals surface area contributed by atoms with Crippen LogP contribution in [0.5, 0.6) is 0 Å². The molecule has 0 aliphatic rings. The smallest absolute Gasteiger partial charge is 0.284 e. The van der Waals surface area contributed by atoms with Crippen LogP contribution in [0, 0.1) is 0 Å². The summed E-state index contributed by atoms with van der Waals surface area (Å²) in [7, 11) is -3.61. The fraction of sp³-hybridized carbons (Fsp3) is 0.636. The first kappa shape index (κ1) is 14.7. The van der Waals surface area contributed by atoms with Gasteiger partial charge in [0.15, 0.2) is 9.84 Å². The number of unbranched alkanes of at least 4 members (excludes halogenated alkanes) is 1. The van der Waals surface area contributed by atoms with Gasteiger partial charge in [0.25, 0.3) is 5.56 Å². The summed E-state index contributed by atoms with van der Waals surface area (Å²) in [4.78, 5) is 25.5. The molecule has 102 valence electrons. The number of hydrogen-bond donors (Lipinski definition) is 1. The molecule has 1 rings (SSSR count). The second-order valence-electron chi connectivity index (χ2n) is 4.17. The molecule has 0 aliphatic heterocycles. The summed E-state index contributed by atoms with van der Waals surface area (Å²) in [6.07, 6.45) is 2.79. The largest absolute Gasteiger partial charge is 0.329 e. The van der Waals surface area contributed by atoms with Crippen molar-refractivity contribution in [2.75, 3.05) is 6.26 Å². The summed E-state index contributed by atoms with van der Waals surface area (Å²) >= 11 is 0. The summed E-state index contributed by atoms with van der Waals surface area (Å²) in [5.74, 6) is 0. The van der Waals surface area contributed by atoms with E-state index in [2.05, 4.69) is 4.98 Å². The molecule has 0 saturated heterocycles. The Kier molecular flexibility index (Phi) is 4.50. The zero-order valence-corrected chi connectivity index (χ0v) is 11.6. The molecule has 0 spiro atoms. The predicted molar refractivity (Wildman–Crippen MR) is 68.7 cm³/mol. The first-order valence-corrected chi connectivity index (χ1v) is 7.78. The van der Waals surface area contributed by atoms with Gasteiger partial charge in [-0.25, -0.2) is 13.2 Å². The van der Waals surface area contributed by atoms with E-state index >= 15 is 0 Å². The molecule has 1 aromatic heterocycles. The SMILES string of the molecule is CCCCn1c(S(C)(=O)=O)c(CC)c(=O)[nH]c1=O. The van der Waals surface area contributed by atoms with Crippen molar-refractivity contribution in [3.05, 3.63) is 26.4 Å². The van der Waals surface area contributed by atoms with Crippen molar-refractivity contribution >= 4 is 9.84 Å². The van der Waals surface area contributed by atoms with E-state index in [4.69, 9.17) is 0 Å². The van der Waals surface area contributed by atoms with Crippen LogP contribution in [0.4, 0.5) is 0 Å². The van der Waals surface area contributed by atoms with Gasteiger partial charge in [-0.1, -0.05) is 20.3 Å². The second-order valence-corrected chi connectivity index (χ2v) is 6.10. The summed E-state index contributed by atoms with van der Waals surface area (Å²) in [6, 6.07) is 0. The molecular formula is C11H18N2O4S. The topological polar surface area (TPSA) is 89.0 Å². The molecule has 0 saturated carbocycles. The zero-order valence-electron chi connectivity index (χ0n) is 10.8. The Morgan fingerprint density at radius 1 is 1.22 bits per heavy atom. The van der Waals surface area contributed by atoms with Gasteiger partial charge in [0, 0.05) is 12.8 Å². The molecule has 1 aromatic rings. The van der Waals surface area contributed by atoms with Crippen molar-refractivity contribution in [3.8, 4) is 0 Å². The van der Waals surface area contributed by atoms with Crippen LogP contribution in [0.1, 0.15) is 32.3 Å². The van der Waals surface area contributed by atoms with Gasteiger partial charge in [-0.2, -0.15) is 0 Å². The van der Waals surface area contributed by atoms with Crippen molar-refractivity contribution in [1.29, 1.82) is 0 Å². The molecule has 0 radical (unpaired) electrons. The minimum Gasteiger partial charge on any atom is -0.284 e. The lowest BCUT2D eigenvalue weighted by Crippen LogP contribution is -2.36. The predicted octanol–water partition coefficient (Wildman–Crippen LogP) is 0.303. The van der Waals surface area contributed by atoms with E-state index in [-0.39, 0.29) is 17.0 Å². The van der Waals surface area contributed by atoms with Gasteiger partial charge >= 0.3 is 5.69 Å². The van der Waals surface area contributed by atoms with Crippen molar-refractivity contribution in [3.63, 3.8) is 0 Å². The van der Waals surface area contributed by atoms with Gasteiger partial charge < -0.3 is 0 Å². The minimum atomic E-state index is -3.61.